The predicted molar refractivity (Wildman–Crippen MR) is 99.9 cm³/mol. The first-order valence-corrected chi connectivity index (χ1v) is 7.93. The molecule has 0 saturated carbocycles. The van der Waals surface area contributed by atoms with Crippen molar-refractivity contribution in [1.82, 2.24) is 16.0 Å². The summed E-state index contributed by atoms with van der Waals surface area (Å²) < 4.78 is 10.7. The van der Waals surface area contributed by atoms with Crippen molar-refractivity contribution in [2.45, 2.75) is 32.9 Å². The number of methoxy groups -OCH3 is 1. The first-order chi connectivity index (χ1) is 11.4. The van der Waals surface area contributed by atoms with Gasteiger partial charge in [0, 0.05) is 24.2 Å². The lowest BCUT2D eigenvalue weighted by molar-refractivity contribution is -0.123. The van der Waals surface area contributed by atoms with Crippen LogP contribution in [0.15, 0.2) is 18.2 Å². The molecule has 3 N–H and O–H groups in total. The molecule has 0 aliphatic heterocycles. The fourth-order valence-corrected chi connectivity index (χ4v) is 1.88. The summed E-state index contributed by atoms with van der Waals surface area (Å²) in [7, 11) is 3.32. The highest BCUT2D eigenvalue weighted by atomic mass is 35.5. The lowest BCUT2D eigenvalue weighted by Gasteiger charge is -2.14. The SMILES string of the molecule is CNC(C)CNC(=O)c1ccc(OCC(=O)NC(C)C)c(OC)c1.Cl. The van der Waals surface area contributed by atoms with E-state index in [1.165, 1.54) is 7.11 Å². The monoisotopic (exact) mass is 373 g/mol. The summed E-state index contributed by atoms with van der Waals surface area (Å²) in [4.78, 5) is 23.8. The minimum atomic E-state index is -0.213. The van der Waals surface area contributed by atoms with Gasteiger partial charge in [0.05, 0.1) is 7.11 Å². The van der Waals surface area contributed by atoms with Crippen LogP contribution in [0.4, 0.5) is 0 Å². The van der Waals surface area contributed by atoms with Gasteiger partial charge in [-0.15, -0.1) is 12.4 Å². The molecule has 0 spiro atoms. The molecule has 2 amide bonds. The smallest absolute Gasteiger partial charge is 0.258 e. The van der Waals surface area contributed by atoms with Gasteiger partial charge in [-0.2, -0.15) is 0 Å². The second-order valence-electron chi connectivity index (χ2n) is 5.78. The van der Waals surface area contributed by atoms with Crippen molar-refractivity contribution < 1.29 is 19.1 Å². The van der Waals surface area contributed by atoms with Crippen LogP contribution in [0.5, 0.6) is 11.5 Å². The van der Waals surface area contributed by atoms with Gasteiger partial charge in [0.25, 0.3) is 11.8 Å². The maximum Gasteiger partial charge on any atom is 0.258 e. The second kappa shape index (κ2) is 11.5. The molecule has 25 heavy (non-hydrogen) atoms. The molecule has 1 aromatic carbocycles. The molecular weight excluding hydrogens is 346 g/mol. The van der Waals surface area contributed by atoms with Crippen molar-refractivity contribution in [1.29, 1.82) is 0 Å². The number of carbonyl (C=O) groups excluding carboxylic acids is 2. The summed E-state index contributed by atoms with van der Waals surface area (Å²) in [5.74, 6) is 0.410. The van der Waals surface area contributed by atoms with E-state index in [4.69, 9.17) is 9.47 Å². The first-order valence-electron chi connectivity index (χ1n) is 7.93. The van der Waals surface area contributed by atoms with E-state index in [0.717, 1.165) is 0 Å². The quantitative estimate of drug-likeness (QED) is 0.608. The van der Waals surface area contributed by atoms with Crippen LogP contribution in [-0.2, 0) is 4.79 Å². The van der Waals surface area contributed by atoms with E-state index >= 15 is 0 Å². The highest BCUT2D eigenvalue weighted by Gasteiger charge is 2.13. The number of hydrogen-bond acceptors (Lipinski definition) is 5. The molecule has 0 saturated heterocycles. The van der Waals surface area contributed by atoms with Crippen molar-refractivity contribution >= 4 is 24.2 Å². The van der Waals surface area contributed by atoms with Crippen LogP contribution in [0, 0.1) is 0 Å². The van der Waals surface area contributed by atoms with E-state index in [0.29, 0.717) is 23.6 Å². The van der Waals surface area contributed by atoms with Crippen molar-refractivity contribution in [3.8, 4) is 11.5 Å². The summed E-state index contributed by atoms with van der Waals surface area (Å²) in [6, 6.07) is 5.08. The Morgan fingerprint density at radius 3 is 2.40 bits per heavy atom. The number of amides is 2. The number of ether oxygens (including phenoxy) is 2. The van der Waals surface area contributed by atoms with Crippen molar-refractivity contribution in [2.24, 2.45) is 0 Å². The van der Waals surface area contributed by atoms with Crippen LogP contribution in [0.1, 0.15) is 31.1 Å². The zero-order valence-electron chi connectivity index (χ0n) is 15.3. The number of halogens is 1. The number of benzene rings is 1. The van der Waals surface area contributed by atoms with Crippen LogP contribution in [-0.4, -0.2) is 51.2 Å². The third-order valence-corrected chi connectivity index (χ3v) is 3.30. The van der Waals surface area contributed by atoms with E-state index in [1.807, 2.05) is 27.8 Å². The van der Waals surface area contributed by atoms with Crippen molar-refractivity contribution in [3.05, 3.63) is 23.8 Å². The molecule has 0 aromatic heterocycles. The normalized spacial score (nSPS) is 11.3. The van der Waals surface area contributed by atoms with Gasteiger partial charge in [-0.25, -0.2) is 0 Å². The molecule has 7 nitrogen and oxygen atoms in total. The molecule has 0 radical (unpaired) electrons. The van der Waals surface area contributed by atoms with E-state index in [-0.39, 0.29) is 42.9 Å². The molecule has 1 rings (SSSR count). The number of hydrogen-bond donors (Lipinski definition) is 3. The van der Waals surface area contributed by atoms with Gasteiger partial charge < -0.3 is 25.4 Å². The van der Waals surface area contributed by atoms with Gasteiger partial charge in [-0.3, -0.25) is 9.59 Å². The van der Waals surface area contributed by atoms with Crippen molar-refractivity contribution in [3.63, 3.8) is 0 Å². The fraction of sp³-hybridized carbons (Fsp3) is 0.529. The highest BCUT2D eigenvalue weighted by molar-refractivity contribution is 5.94. The van der Waals surface area contributed by atoms with E-state index in [1.54, 1.807) is 18.2 Å². The maximum absolute atomic E-state index is 12.1. The molecule has 142 valence electrons. The lowest BCUT2D eigenvalue weighted by Crippen LogP contribution is -2.37. The second-order valence-corrected chi connectivity index (χ2v) is 5.78. The molecule has 1 aromatic rings. The summed E-state index contributed by atoms with van der Waals surface area (Å²) in [6.45, 7) is 6.13. The highest BCUT2D eigenvalue weighted by Crippen LogP contribution is 2.28. The minimum absolute atomic E-state index is 0. The average Bonchev–Trinajstić information content (AvgIpc) is 2.56. The molecule has 0 aliphatic carbocycles. The standard InChI is InChI=1S/C17H27N3O4.ClH/c1-11(2)20-16(21)10-24-14-7-6-13(8-15(14)23-5)17(22)19-9-12(3)18-4;/h6-8,11-12,18H,9-10H2,1-5H3,(H,19,22)(H,20,21);1H. The summed E-state index contributed by atoms with van der Waals surface area (Å²) >= 11 is 0. The summed E-state index contributed by atoms with van der Waals surface area (Å²) in [6.07, 6.45) is 0. The lowest BCUT2D eigenvalue weighted by atomic mass is 10.2. The largest absolute Gasteiger partial charge is 0.493 e. The molecular formula is C17H28ClN3O4. The van der Waals surface area contributed by atoms with Crippen LogP contribution >= 0.6 is 12.4 Å². The Balaban J connectivity index is 0.00000576. The number of likely N-dealkylation sites (N-methyl/N-ethyl adjacent to an activating group) is 1. The molecule has 0 heterocycles. The first kappa shape index (κ1) is 23.0. The molecule has 1 unspecified atom stereocenters. The van der Waals surface area contributed by atoms with E-state index in [2.05, 4.69) is 16.0 Å². The Bertz CT molecular complexity index is 567. The topological polar surface area (TPSA) is 88.7 Å². The Hall–Kier alpha value is -1.99. The number of rotatable bonds is 9. The Morgan fingerprint density at radius 1 is 1.16 bits per heavy atom. The number of nitrogens with one attached hydrogen (secondary N) is 3. The van der Waals surface area contributed by atoms with Gasteiger partial charge in [-0.1, -0.05) is 0 Å². The van der Waals surface area contributed by atoms with Gasteiger partial charge in [0.15, 0.2) is 18.1 Å². The van der Waals surface area contributed by atoms with Gasteiger partial charge in [0.1, 0.15) is 0 Å². The Morgan fingerprint density at radius 2 is 1.84 bits per heavy atom. The molecule has 8 heteroatoms. The van der Waals surface area contributed by atoms with Crippen LogP contribution in [0.2, 0.25) is 0 Å². The van der Waals surface area contributed by atoms with E-state index < -0.39 is 0 Å². The zero-order chi connectivity index (χ0) is 18.1. The summed E-state index contributed by atoms with van der Waals surface area (Å²) in [5, 5.41) is 8.62. The van der Waals surface area contributed by atoms with Crippen LogP contribution < -0.4 is 25.4 Å². The van der Waals surface area contributed by atoms with Gasteiger partial charge >= 0.3 is 0 Å². The minimum Gasteiger partial charge on any atom is -0.493 e. The maximum atomic E-state index is 12.1. The van der Waals surface area contributed by atoms with E-state index in [9.17, 15) is 9.59 Å². The molecule has 1 atom stereocenters. The Labute approximate surface area is 155 Å². The molecule has 0 aliphatic rings. The Kier molecular flexibility index (Phi) is 10.6. The zero-order valence-corrected chi connectivity index (χ0v) is 16.2. The fourth-order valence-electron chi connectivity index (χ4n) is 1.88. The third-order valence-electron chi connectivity index (χ3n) is 3.30. The predicted octanol–water partition coefficient (Wildman–Crippen LogP) is 1.36. The molecule has 0 fully saturated rings. The van der Waals surface area contributed by atoms with Crippen molar-refractivity contribution in [2.75, 3.05) is 27.3 Å². The summed E-state index contributed by atoms with van der Waals surface area (Å²) in [5.41, 5.74) is 0.467. The van der Waals surface area contributed by atoms with Gasteiger partial charge in [0.2, 0.25) is 0 Å². The van der Waals surface area contributed by atoms with Gasteiger partial charge in [-0.05, 0) is 46.0 Å². The molecule has 0 bridgehead atoms. The average molecular weight is 374 g/mol. The third kappa shape index (κ3) is 8.09. The van der Waals surface area contributed by atoms with Crippen LogP contribution in [0.3, 0.4) is 0 Å². The van der Waals surface area contributed by atoms with Crippen LogP contribution in [0.25, 0.3) is 0 Å². The number of carbonyl (C=O) groups is 2.